The van der Waals surface area contributed by atoms with E-state index in [9.17, 15) is 13.2 Å². The minimum atomic E-state index is -3.53. The van der Waals surface area contributed by atoms with Crippen LogP contribution in [-0.4, -0.2) is 14.2 Å². The third-order valence-electron chi connectivity index (χ3n) is 1.89. The number of halogens is 1. The first-order valence-electron chi connectivity index (χ1n) is 4.18. The van der Waals surface area contributed by atoms with E-state index < -0.39 is 7.29 Å². The number of hydroxylamine groups is 1. The highest BCUT2D eigenvalue weighted by atomic mass is 127. The second-order valence-electron chi connectivity index (χ2n) is 3.03. The van der Waals surface area contributed by atoms with E-state index in [1.54, 1.807) is 13.0 Å². The molecule has 0 bridgehead atoms. The van der Waals surface area contributed by atoms with E-state index >= 15 is 0 Å². The van der Waals surface area contributed by atoms with Crippen LogP contribution in [0.3, 0.4) is 0 Å². The molecule has 0 aromatic rings. The standard InChI is InChI=1S/C8H10INO4S/c1-6(10-14-15(9,12)13)7-2-4-8(11)5-3-7/h2,4,10H,3,5H2,1H3. The van der Waals surface area contributed by atoms with Gasteiger partial charge in [0, 0.05) is 12.1 Å². The first-order chi connectivity index (χ1) is 6.88. The summed E-state index contributed by atoms with van der Waals surface area (Å²) >= 11 is 1.18. The van der Waals surface area contributed by atoms with Crippen LogP contribution in [0.25, 0.3) is 0 Å². The summed E-state index contributed by atoms with van der Waals surface area (Å²) in [5.74, 6) is 0.0778. The SMILES string of the molecule is CC(NOS(=O)(=O)I)=C1C=CC(=O)CC1. The van der Waals surface area contributed by atoms with E-state index in [2.05, 4.69) is 9.76 Å². The van der Waals surface area contributed by atoms with E-state index in [-0.39, 0.29) is 5.78 Å². The van der Waals surface area contributed by atoms with Crippen molar-refractivity contribution in [3.05, 3.63) is 23.4 Å². The number of carbonyl (C=O) groups excluding carboxylic acids is 1. The highest BCUT2D eigenvalue weighted by molar-refractivity contribution is 14.2. The fraction of sp³-hybridized carbons (Fsp3) is 0.375. The van der Waals surface area contributed by atoms with Gasteiger partial charge >= 0.3 is 7.29 Å². The van der Waals surface area contributed by atoms with Crippen molar-refractivity contribution in [1.82, 2.24) is 5.48 Å². The molecule has 0 aromatic carbocycles. The van der Waals surface area contributed by atoms with Gasteiger partial charge in [-0.15, -0.1) is 4.28 Å². The zero-order valence-electron chi connectivity index (χ0n) is 7.99. The summed E-state index contributed by atoms with van der Waals surface area (Å²) in [5, 5.41) is 0. The topological polar surface area (TPSA) is 72.5 Å². The van der Waals surface area contributed by atoms with Crippen LogP contribution < -0.4 is 5.48 Å². The zero-order chi connectivity index (χ0) is 11.5. The predicted molar refractivity (Wildman–Crippen MR) is 63.2 cm³/mol. The van der Waals surface area contributed by atoms with Crippen molar-refractivity contribution in [2.24, 2.45) is 0 Å². The van der Waals surface area contributed by atoms with Crippen LogP contribution >= 0.6 is 21.2 Å². The van der Waals surface area contributed by atoms with Gasteiger partial charge in [-0.2, -0.15) is 8.42 Å². The molecule has 0 atom stereocenters. The lowest BCUT2D eigenvalue weighted by Gasteiger charge is -2.11. The fourth-order valence-electron chi connectivity index (χ4n) is 1.11. The van der Waals surface area contributed by atoms with Crippen molar-refractivity contribution in [1.29, 1.82) is 0 Å². The molecular formula is C8H10INO4S. The van der Waals surface area contributed by atoms with Crippen LogP contribution in [0.1, 0.15) is 19.8 Å². The number of hydrogen-bond acceptors (Lipinski definition) is 5. The molecule has 0 radical (unpaired) electrons. The monoisotopic (exact) mass is 343 g/mol. The van der Waals surface area contributed by atoms with Crippen LogP contribution in [-0.2, 0) is 16.4 Å². The van der Waals surface area contributed by atoms with Crippen LogP contribution in [0.15, 0.2) is 23.4 Å². The van der Waals surface area contributed by atoms with Crippen LogP contribution in [0.4, 0.5) is 0 Å². The molecule has 15 heavy (non-hydrogen) atoms. The Kier molecular flexibility index (Phi) is 4.29. The largest absolute Gasteiger partial charge is 0.341 e. The molecule has 0 aliphatic heterocycles. The molecule has 1 N–H and O–H groups in total. The molecule has 0 saturated carbocycles. The van der Waals surface area contributed by atoms with E-state index in [1.807, 2.05) is 0 Å². The number of nitrogens with one attached hydrogen (secondary N) is 1. The number of hydrogen-bond donors (Lipinski definition) is 1. The van der Waals surface area contributed by atoms with Gasteiger partial charge in [0.25, 0.3) is 0 Å². The lowest BCUT2D eigenvalue weighted by Crippen LogP contribution is -2.16. The second kappa shape index (κ2) is 5.08. The Labute approximate surface area is 100 Å². The molecule has 0 unspecified atom stereocenters. The third kappa shape index (κ3) is 4.76. The maximum atomic E-state index is 10.9. The molecule has 1 aliphatic rings. The summed E-state index contributed by atoms with van der Waals surface area (Å²) in [6.45, 7) is 1.69. The third-order valence-corrected chi connectivity index (χ3v) is 2.71. The van der Waals surface area contributed by atoms with Gasteiger partial charge in [-0.05, 0) is 25.0 Å². The van der Waals surface area contributed by atoms with E-state index in [0.717, 1.165) is 5.57 Å². The van der Waals surface area contributed by atoms with E-state index in [1.165, 1.54) is 27.3 Å². The predicted octanol–water partition coefficient (Wildman–Crippen LogP) is 1.38. The molecule has 0 spiro atoms. The Bertz CT molecular complexity index is 424. The maximum absolute atomic E-state index is 10.9. The second-order valence-corrected chi connectivity index (χ2v) is 7.22. The normalized spacial score (nSPS) is 20.3. The molecule has 84 valence electrons. The maximum Gasteiger partial charge on any atom is 0.341 e. The Morgan fingerprint density at radius 3 is 2.60 bits per heavy atom. The molecule has 5 nitrogen and oxygen atoms in total. The number of allylic oxidation sites excluding steroid dienone is 4. The van der Waals surface area contributed by atoms with Crippen molar-refractivity contribution in [3.63, 3.8) is 0 Å². The molecular weight excluding hydrogens is 333 g/mol. The molecule has 0 fully saturated rings. The van der Waals surface area contributed by atoms with Gasteiger partial charge in [-0.3, -0.25) is 10.3 Å². The van der Waals surface area contributed by atoms with E-state index in [0.29, 0.717) is 18.5 Å². The van der Waals surface area contributed by atoms with Gasteiger partial charge < -0.3 is 0 Å². The molecule has 7 heteroatoms. The number of ketones is 1. The lowest BCUT2D eigenvalue weighted by molar-refractivity contribution is -0.114. The van der Waals surface area contributed by atoms with Crippen molar-refractivity contribution >= 4 is 34.3 Å². The summed E-state index contributed by atoms with van der Waals surface area (Å²) in [4.78, 5) is 10.9. The van der Waals surface area contributed by atoms with Gasteiger partial charge in [-0.1, -0.05) is 6.08 Å². The van der Waals surface area contributed by atoms with Crippen molar-refractivity contribution in [3.8, 4) is 0 Å². The molecule has 0 aromatic heterocycles. The molecule has 0 heterocycles. The van der Waals surface area contributed by atoms with Gasteiger partial charge in [0.15, 0.2) is 5.78 Å². The quantitative estimate of drug-likeness (QED) is 0.476. The van der Waals surface area contributed by atoms with Gasteiger partial charge in [0.05, 0.1) is 0 Å². The smallest absolute Gasteiger partial charge is 0.295 e. The highest BCUT2D eigenvalue weighted by Gasteiger charge is 2.10. The Balaban J connectivity index is 2.67. The Morgan fingerprint density at radius 1 is 1.47 bits per heavy atom. The Morgan fingerprint density at radius 2 is 2.13 bits per heavy atom. The van der Waals surface area contributed by atoms with Gasteiger partial charge in [0.1, 0.15) is 21.2 Å². The first kappa shape index (κ1) is 12.7. The van der Waals surface area contributed by atoms with Crippen LogP contribution in [0, 0.1) is 0 Å². The van der Waals surface area contributed by atoms with Crippen LogP contribution in [0.2, 0.25) is 0 Å². The van der Waals surface area contributed by atoms with Gasteiger partial charge in [0.2, 0.25) is 0 Å². The molecule has 1 rings (SSSR count). The summed E-state index contributed by atoms with van der Waals surface area (Å²) in [7, 11) is -3.53. The Hall–Kier alpha value is -0.410. The molecule has 1 aliphatic carbocycles. The summed E-state index contributed by atoms with van der Waals surface area (Å²) in [6.07, 6.45) is 4.18. The van der Waals surface area contributed by atoms with Gasteiger partial charge in [-0.25, -0.2) is 0 Å². The molecule has 0 amide bonds. The van der Waals surface area contributed by atoms with Crippen molar-refractivity contribution < 1.29 is 17.5 Å². The number of rotatable bonds is 3. The summed E-state index contributed by atoms with van der Waals surface area (Å²) in [6, 6.07) is 0. The summed E-state index contributed by atoms with van der Waals surface area (Å²) in [5.41, 5.74) is 3.80. The first-order valence-corrected chi connectivity index (χ1v) is 8.13. The van der Waals surface area contributed by atoms with Crippen molar-refractivity contribution in [2.45, 2.75) is 19.8 Å². The fourth-order valence-corrected chi connectivity index (χ4v) is 1.60. The molecule has 0 saturated heterocycles. The lowest BCUT2D eigenvalue weighted by atomic mass is 10.00. The summed E-state index contributed by atoms with van der Waals surface area (Å²) < 4.78 is 25.8. The number of carbonyl (C=O) groups is 1. The van der Waals surface area contributed by atoms with E-state index in [4.69, 9.17) is 0 Å². The average molecular weight is 343 g/mol. The minimum Gasteiger partial charge on any atom is -0.295 e. The van der Waals surface area contributed by atoms with Crippen molar-refractivity contribution in [2.75, 3.05) is 0 Å². The average Bonchev–Trinajstić information content (AvgIpc) is 2.14. The minimum absolute atomic E-state index is 0.0778. The highest BCUT2D eigenvalue weighted by Crippen LogP contribution is 2.17. The van der Waals surface area contributed by atoms with Crippen LogP contribution in [0.5, 0.6) is 0 Å². The zero-order valence-corrected chi connectivity index (χ0v) is 11.0.